The van der Waals surface area contributed by atoms with Crippen molar-refractivity contribution in [2.24, 2.45) is 0 Å². The normalized spacial score (nSPS) is 11.8. The van der Waals surface area contributed by atoms with E-state index in [1.807, 2.05) is 24.3 Å². The summed E-state index contributed by atoms with van der Waals surface area (Å²) in [6.45, 7) is 0.647. The van der Waals surface area contributed by atoms with E-state index >= 15 is 0 Å². The van der Waals surface area contributed by atoms with Crippen LogP contribution in [-0.2, 0) is 10.0 Å². The highest BCUT2D eigenvalue weighted by Gasteiger charge is 2.15. The van der Waals surface area contributed by atoms with E-state index in [0.717, 1.165) is 10.2 Å². The molecule has 17 heavy (non-hydrogen) atoms. The molecule has 0 aromatic heterocycles. The molecular formula is C10H13Br2NO3S. The predicted molar refractivity (Wildman–Crippen MR) is 75.0 cm³/mol. The van der Waals surface area contributed by atoms with Gasteiger partial charge in [0.15, 0.2) is 0 Å². The van der Waals surface area contributed by atoms with Crippen LogP contribution in [0.1, 0.15) is 0 Å². The van der Waals surface area contributed by atoms with Gasteiger partial charge in [-0.1, -0.05) is 31.9 Å². The van der Waals surface area contributed by atoms with Crippen molar-refractivity contribution in [3.63, 3.8) is 0 Å². The zero-order chi connectivity index (χ0) is 12.9. The van der Waals surface area contributed by atoms with Crippen molar-refractivity contribution < 1.29 is 13.2 Å². The van der Waals surface area contributed by atoms with Crippen molar-refractivity contribution in [3.8, 4) is 5.75 Å². The SMILES string of the molecule is CN(CCOc1ccc(Br)cc1)S(=O)(=O)CBr. The molecule has 1 aromatic carbocycles. The number of benzene rings is 1. The van der Waals surface area contributed by atoms with Gasteiger partial charge in [0, 0.05) is 18.1 Å². The molecule has 7 heteroatoms. The third-order valence-corrected chi connectivity index (χ3v) is 5.77. The van der Waals surface area contributed by atoms with Crippen LogP contribution < -0.4 is 4.74 Å². The first kappa shape index (κ1) is 14.9. The smallest absolute Gasteiger partial charge is 0.224 e. The Balaban J connectivity index is 2.41. The van der Waals surface area contributed by atoms with Gasteiger partial charge in [0.1, 0.15) is 17.0 Å². The molecule has 0 aliphatic rings. The fraction of sp³-hybridized carbons (Fsp3) is 0.400. The zero-order valence-corrected chi connectivity index (χ0v) is 13.3. The van der Waals surface area contributed by atoms with Crippen LogP contribution in [0.2, 0.25) is 0 Å². The van der Waals surface area contributed by atoms with Crippen LogP contribution in [0.5, 0.6) is 5.75 Å². The maximum Gasteiger partial charge on any atom is 0.224 e. The summed E-state index contributed by atoms with van der Waals surface area (Å²) in [5.41, 5.74) is 0. The Morgan fingerprint density at radius 2 is 1.88 bits per heavy atom. The van der Waals surface area contributed by atoms with Crippen LogP contribution in [0, 0.1) is 0 Å². The lowest BCUT2D eigenvalue weighted by Crippen LogP contribution is -2.31. The number of rotatable bonds is 6. The average Bonchev–Trinajstić information content (AvgIpc) is 2.31. The summed E-state index contributed by atoms with van der Waals surface area (Å²) >= 11 is 6.26. The highest BCUT2D eigenvalue weighted by molar-refractivity contribution is 9.10. The number of likely N-dealkylation sites (N-methyl/N-ethyl adjacent to an activating group) is 1. The van der Waals surface area contributed by atoms with Gasteiger partial charge in [-0.05, 0) is 24.3 Å². The van der Waals surface area contributed by atoms with Gasteiger partial charge in [-0.25, -0.2) is 12.7 Å². The van der Waals surface area contributed by atoms with Crippen molar-refractivity contribution >= 4 is 41.9 Å². The number of alkyl halides is 1. The number of nitrogens with zero attached hydrogens (tertiary/aromatic N) is 1. The monoisotopic (exact) mass is 385 g/mol. The van der Waals surface area contributed by atoms with Crippen LogP contribution in [0.25, 0.3) is 0 Å². The van der Waals surface area contributed by atoms with E-state index in [1.54, 1.807) is 0 Å². The molecule has 0 aliphatic carbocycles. The van der Waals surface area contributed by atoms with Gasteiger partial charge in [0.25, 0.3) is 0 Å². The Morgan fingerprint density at radius 1 is 1.29 bits per heavy atom. The van der Waals surface area contributed by atoms with Gasteiger partial charge in [0.05, 0.1) is 0 Å². The van der Waals surface area contributed by atoms with Crippen molar-refractivity contribution in [2.75, 3.05) is 24.9 Å². The highest BCUT2D eigenvalue weighted by Crippen LogP contribution is 2.16. The van der Waals surface area contributed by atoms with Gasteiger partial charge >= 0.3 is 0 Å². The number of halogens is 2. The maximum atomic E-state index is 11.4. The fourth-order valence-corrected chi connectivity index (χ4v) is 2.88. The highest BCUT2D eigenvalue weighted by atomic mass is 79.9. The second-order valence-corrected chi connectivity index (χ2v) is 7.64. The lowest BCUT2D eigenvalue weighted by atomic mass is 10.3. The average molecular weight is 387 g/mol. The summed E-state index contributed by atoms with van der Waals surface area (Å²) in [5.74, 6) is 0.720. The zero-order valence-electron chi connectivity index (χ0n) is 9.27. The molecule has 0 unspecified atom stereocenters. The maximum absolute atomic E-state index is 11.4. The quantitative estimate of drug-likeness (QED) is 0.705. The Morgan fingerprint density at radius 3 is 2.41 bits per heavy atom. The van der Waals surface area contributed by atoms with Crippen LogP contribution in [0.15, 0.2) is 28.7 Å². The third-order valence-electron chi connectivity index (χ3n) is 2.10. The molecular weight excluding hydrogens is 374 g/mol. The first-order valence-corrected chi connectivity index (χ1v) is 8.36. The van der Waals surface area contributed by atoms with E-state index in [-0.39, 0.29) is 4.66 Å². The Hall–Kier alpha value is -0.110. The number of hydrogen-bond acceptors (Lipinski definition) is 3. The topological polar surface area (TPSA) is 46.6 Å². The second-order valence-electron chi connectivity index (χ2n) is 3.34. The Kier molecular flexibility index (Phi) is 5.91. The molecule has 0 N–H and O–H groups in total. The third kappa shape index (κ3) is 4.95. The molecule has 0 aliphatic heterocycles. The Bertz CT molecular complexity index is 447. The van der Waals surface area contributed by atoms with Crippen LogP contribution in [0.3, 0.4) is 0 Å². The standard InChI is InChI=1S/C10H13Br2NO3S/c1-13(17(14,15)8-11)6-7-16-10-4-2-9(12)3-5-10/h2-5H,6-8H2,1H3. The van der Waals surface area contributed by atoms with E-state index < -0.39 is 10.0 Å². The summed E-state index contributed by atoms with van der Waals surface area (Å²) in [6.07, 6.45) is 0. The minimum Gasteiger partial charge on any atom is -0.492 e. The lowest BCUT2D eigenvalue weighted by Gasteiger charge is -2.15. The minimum atomic E-state index is -3.20. The summed E-state index contributed by atoms with van der Waals surface area (Å²) < 4.78 is 30.4. The summed E-state index contributed by atoms with van der Waals surface area (Å²) in [7, 11) is -1.67. The fourth-order valence-electron chi connectivity index (χ4n) is 1.05. The van der Waals surface area contributed by atoms with Crippen LogP contribution >= 0.6 is 31.9 Å². The van der Waals surface area contributed by atoms with E-state index in [1.165, 1.54) is 11.4 Å². The summed E-state index contributed by atoms with van der Waals surface area (Å²) in [5, 5.41) is 0. The molecule has 0 bridgehead atoms. The van der Waals surface area contributed by atoms with E-state index in [4.69, 9.17) is 4.74 Å². The first-order chi connectivity index (χ1) is 7.95. The molecule has 0 radical (unpaired) electrons. The van der Waals surface area contributed by atoms with Gasteiger partial charge < -0.3 is 4.74 Å². The number of hydrogen-bond donors (Lipinski definition) is 0. The van der Waals surface area contributed by atoms with E-state index in [2.05, 4.69) is 31.9 Å². The van der Waals surface area contributed by atoms with Crippen molar-refractivity contribution in [2.45, 2.75) is 0 Å². The molecule has 0 heterocycles. The van der Waals surface area contributed by atoms with Gasteiger partial charge in [0.2, 0.25) is 10.0 Å². The molecule has 0 saturated heterocycles. The van der Waals surface area contributed by atoms with Gasteiger partial charge in [-0.15, -0.1) is 0 Å². The van der Waals surface area contributed by atoms with Gasteiger partial charge in [-0.2, -0.15) is 0 Å². The van der Waals surface area contributed by atoms with Gasteiger partial charge in [-0.3, -0.25) is 0 Å². The van der Waals surface area contributed by atoms with Crippen molar-refractivity contribution in [1.82, 2.24) is 4.31 Å². The predicted octanol–water partition coefficient (Wildman–Crippen LogP) is 2.44. The molecule has 0 atom stereocenters. The first-order valence-electron chi connectivity index (χ1n) is 4.84. The molecule has 0 spiro atoms. The second kappa shape index (κ2) is 6.72. The molecule has 0 amide bonds. The Labute approximate surface area is 118 Å². The molecule has 96 valence electrons. The molecule has 0 saturated carbocycles. The van der Waals surface area contributed by atoms with E-state index in [9.17, 15) is 8.42 Å². The van der Waals surface area contributed by atoms with E-state index in [0.29, 0.717) is 13.2 Å². The minimum absolute atomic E-state index is 0.0746. The molecule has 4 nitrogen and oxygen atoms in total. The summed E-state index contributed by atoms with van der Waals surface area (Å²) in [4.78, 5) is 0. The molecule has 0 fully saturated rings. The van der Waals surface area contributed by atoms with Crippen LogP contribution in [0.4, 0.5) is 0 Å². The summed E-state index contributed by atoms with van der Waals surface area (Å²) in [6, 6.07) is 7.38. The molecule has 1 rings (SSSR count). The van der Waals surface area contributed by atoms with Crippen molar-refractivity contribution in [1.29, 1.82) is 0 Å². The van der Waals surface area contributed by atoms with Crippen molar-refractivity contribution in [3.05, 3.63) is 28.7 Å². The number of sulfonamides is 1. The largest absolute Gasteiger partial charge is 0.492 e. The van der Waals surface area contributed by atoms with Crippen LogP contribution in [-0.4, -0.2) is 37.6 Å². The number of ether oxygens (including phenoxy) is 1. The molecule has 1 aromatic rings. The lowest BCUT2D eigenvalue weighted by molar-refractivity contribution is 0.287.